The topological polar surface area (TPSA) is 41.0 Å². The smallest absolute Gasteiger partial charge is 0.147 e. The second-order valence-corrected chi connectivity index (χ2v) is 5.17. The summed E-state index contributed by atoms with van der Waals surface area (Å²) in [5.74, 6) is 0.986. The average molecular weight is 234 g/mol. The third-order valence-corrected chi connectivity index (χ3v) is 3.89. The van der Waals surface area contributed by atoms with Gasteiger partial charge in [-0.15, -0.1) is 11.3 Å². The van der Waals surface area contributed by atoms with Crippen LogP contribution in [0, 0.1) is 0 Å². The molecule has 0 saturated carbocycles. The fourth-order valence-corrected chi connectivity index (χ4v) is 2.94. The molecule has 1 fully saturated rings. The molecule has 5 heteroatoms. The molecule has 1 aliphatic heterocycles. The molecule has 2 aromatic rings. The van der Waals surface area contributed by atoms with Crippen LogP contribution in [0.2, 0.25) is 0 Å². The molecule has 2 aromatic heterocycles. The van der Waals surface area contributed by atoms with Gasteiger partial charge < -0.3 is 10.2 Å². The van der Waals surface area contributed by atoms with Crippen molar-refractivity contribution in [3.05, 3.63) is 17.8 Å². The number of aromatic nitrogens is 2. The van der Waals surface area contributed by atoms with Crippen molar-refractivity contribution in [1.29, 1.82) is 0 Å². The van der Waals surface area contributed by atoms with Gasteiger partial charge in [0, 0.05) is 12.6 Å². The summed E-state index contributed by atoms with van der Waals surface area (Å²) in [5, 5.41) is 5.58. The first-order valence-electron chi connectivity index (χ1n) is 5.46. The summed E-state index contributed by atoms with van der Waals surface area (Å²) in [4.78, 5) is 10.9. The average Bonchev–Trinajstić information content (AvgIpc) is 2.87. The first kappa shape index (κ1) is 9.99. The van der Waals surface area contributed by atoms with Crippen molar-refractivity contribution in [2.75, 3.05) is 25.5 Å². The van der Waals surface area contributed by atoms with E-state index in [-0.39, 0.29) is 0 Å². The highest BCUT2D eigenvalue weighted by Crippen LogP contribution is 2.26. The van der Waals surface area contributed by atoms with Gasteiger partial charge in [-0.2, -0.15) is 0 Å². The molecule has 0 amide bonds. The second-order valence-electron chi connectivity index (χ2n) is 4.25. The second kappa shape index (κ2) is 3.99. The summed E-state index contributed by atoms with van der Waals surface area (Å²) in [6, 6.07) is 2.55. The lowest BCUT2D eigenvalue weighted by Crippen LogP contribution is -2.24. The molecule has 3 heterocycles. The van der Waals surface area contributed by atoms with E-state index >= 15 is 0 Å². The fraction of sp³-hybridized carbons (Fsp3) is 0.455. The van der Waals surface area contributed by atoms with Gasteiger partial charge in [0.1, 0.15) is 12.1 Å². The molecule has 16 heavy (non-hydrogen) atoms. The number of anilines is 1. The van der Waals surface area contributed by atoms with Crippen LogP contribution < -0.4 is 5.32 Å². The normalized spacial score (nSPS) is 21.7. The van der Waals surface area contributed by atoms with Crippen LogP contribution in [0.3, 0.4) is 0 Å². The first-order chi connectivity index (χ1) is 7.83. The molecular weight excluding hydrogens is 220 g/mol. The summed E-state index contributed by atoms with van der Waals surface area (Å²) < 4.78 is 1.16. The van der Waals surface area contributed by atoms with Crippen LogP contribution in [-0.4, -0.2) is 41.0 Å². The van der Waals surface area contributed by atoms with E-state index in [1.807, 2.05) is 6.07 Å². The standard InChI is InChI=1S/C11H14N4S/c1-15-4-2-8(6-15)14-11-10-9(3-5-16-10)12-7-13-11/h3,5,7-8H,2,4,6H2,1H3,(H,12,13,14). The number of rotatable bonds is 2. The number of thiophene rings is 1. The number of nitrogens with zero attached hydrogens (tertiary/aromatic N) is 3. The molecule has 84 valence electrons. The van der Waals surface area contributed by atoms with Crippen LogP contribution in [-0.2, 0) is 0 Å². The first-order valence-corrected chi connectivity index (χ1v) is 6.34. The molecule has 4 nitrogen and oxygen atoms in total. The Kier molecular flexibility index (Phi) is 2.49. The van der Waals surface area contributed by atoms with Gasteiger partial charge in [0.15, 0.2) is 0 Å². The Bertz CT molecular complexity index is 495. The van der Waals surface area contributed by atoms with Gasteiger partial charge in [0.25, 0.3) is 0 Å². The van der Waals surface area contributed by atoms with Gasteiger partial charge in [-0.05, 0) is 31.5 Å². The highest BCUT2D eigenvalue weighted by atomic mass is 32.1. The van der Waals surface area contributed by atoms with Crippen LogP contribution >= 0.6 is 11.3 Å². The van der Waals surface area contributed by atoms with E-state index < -0.39 is 0 Å². The number of likely N-dealkylation sites (tertiary alicyclic amines) is 1. The van der Waals surface area contributed by atoms with Gasteiger partial charge in [-0.3, -0.25) is 0 Å². The van der Waals surface area contributed by atoms with E-state index in [2.05, 4.69) is 32.6 Å². The zero-order valence-electron chi connectivity index (χ0n) is 9.18. The monoisotopic (exact) mass is 234 g/mol. The zero-order chi connectivity index (χ0) is 11.0. The minimum absolute atomic E-state index is 0.519. The summed E-state index contributed by atoms with van der Waals surface area (Å²) in [6.45, 7) is 2.26. The molecule has 0 spiro atoms. The van der Waals surface area contributed by atoms with Crippen molar-refractivity contribution in [3.8, 4) is 0 Å². The number of hydrogen-bond acceptors (Lipinski definition) is 5. The molecule has 0 radical (unpaired) electrons. The van der Waals surface area contributed by atoms with Gasteiger partial charge >= 0.3 is 0 Å². The summed E-state index contributed by atoms with van der Waals surface area (Å²) in [5.41, 5.74) is 1.04. The van der Waals surface area contributed by atoms with Crippen molar-refractivity contribution in [2.45, 2.75) is 12.5 Å². The summed E-state index contributed by atoms with van der Waals surface area (Å²) >= 11 is 1.70. The van der Waals surface area contributed by atoms with E-state index in [1.165, 1.54) is 6.42 Å². The molecular formula is C11H14N4S. The van der Waals surface area contributed by atoms with Crippen LogP contribution in [0.5, 0.6) is 0 Å². The van der Waals surface area contributed by atoms with Crippen LogP contribution in [0.25, 0.3) is 10.2 Å². The third-order valence-electron chi connectivity index (χ3n) is 2.98. The predicted octanol–water partition coefficient (Wildman–Crippen LogP) is 1.81. The largest absolute Gasteiger partial charge is 0.365 e. The molecule has 1 aliphatic rings. The quantitative estimate of drug-likeness (QED) is 0.860. The van der Waals surface area contributed by atoms with E-state index in [9.17, 15) is 0 Å². The van der Waals surface area contributed by atoms with Crippen molar-refractivity contribution in [2.24, 2.45) is 0 Å². The van der Waals surface area contributed by atoms with E-state index in [4.69, 9.17) is 0 Å². The van der Waals surface area contributed by atoms with Crippen LogP contribution in [0.15, 0.2) is 17.8 Å². The third kappa shape index (κ3) is 1.76. The van der Waals surface area contributed by atoms with Crippen molar-refractivity contribution < 1.29 is 0 Å². The van der Waals surface area contributed by atoms with E-state index in [1.54, 1.807) is 17.7 Å². The predicted molar refractivity (Wildman–Crippen MR) is 66.9 cm³/mol. The highest BCUT2D eigenvalue weighted by Gasteiger charge is 2.20. The van der Waals surface area contributed by atoms with Crippen molar-refractivity contribution in [3.63, 3.8) is 0 Å². The van der Waals surface area contributed by atoms with E-state index in [0.717, 1.165) is 29.1 Å². The summed E-state index contributed by atoms with van der Waals surface area (Å²) in [7, 11) is 2.16. The number of hydrogen-bond donors (Lipinski definition) is 1. The van der Waals surface area contributed by atoms with Crippen LogP contribution in [0.4, 0.5) is 5.82 Å². The lowest BCUT2D eigenvalue weighted by molar-refractivity contribution is 0.414. The molecule has 0 bridgehead atoms. The molecule has 1 N–H and O–H groups in total. The SMILES string of the molecule is CN1CCC(Nc2ncnc3ccsc23)C1. The Labute approximate surface area is 98.3 Å². The maximum absolute atomic E-state index is 4.34. The maximum atomic E-state index is 4.34. The minimum Gasteiger partial charge on any atom is -0.365 e. The molecule has 0 aliphatic carbocycles. The molecule has 1 unspecified atom stereocenters. The molecule has 1 atom stereocenters. The van der Waals surface area contributed by atoms with Gasteiger partial charge in [0.05, 0.1) is 10.2 Å². The molecule has 3 rings (SSSR count). The van der Waals surface area contributed by atoms with E-state index in [0.29, 0.717) is 6.04 Å². The maximum Gasteiger partial charge on any atom is 0.147 e. The fourth-order valence-electron chi connectivity index (χ4n) is 2.14. The Balaban J connectivity index is 1.86. The molecule has 0 aromatic carbocycles. The zero-order valence-corrected chi connectivity index (χ0v) is 10.00. The highest BCUT2D eigenvalue weighted by molar-refractivity contribution is 7.17. The van der Waals surface area contributed by atoms with Gasteiger partial charge in [-0.1, -0.05) is 0 Å². The Morgan fingerprint density at radius 3 is 3.25 bits per heavy atom. The Morgan fingerprint density at radius 1 is 1.50 bits per heavy atom. The number of nitrogens with one attached hydrogen (secondary N) is 1. The molecule has 1 saturated heterocycles. The van der Waals surface area contributed by atoms with Crippen LogP contribution in [0.1, 0.15) is 6.42 Å². The van der Waals surface area contributed by atoms with Gasteiger partial charge in [0.2, 0.25) is 0 Å². The number of fused-ring (bicyclic) bond motifs is 1. The Hall–Kier alpha value is -1.20. The van der Waals surface area contributed by atoms with Gasteiger partial charge in [-0.25, -0.2) is 9.97 Å². The Morgan fingerprint density at radius 2 is 2.44 bits per heavy atom. The number of likely N-dealkylation sites (N-methyl/N-ethyl adjacent to an activating group) is 1. The summed E-state index contributed by atoms with van der Waals surface area (Å²) in [6.07, 6.45) is 2.82. The lowest BCUT2D eigenvalue weighted by Gasteiger charge is -2.13. The minimum atomic E-state index is 0.519. The van der Waals surface area contributed by atoms with Crippen molar-refractivity contribution in [1.82, 2.24) is 14.9 Å². The van der Waals surface area contributed by atoms with Crippen molar-refractivity contribution >= 4 is 27.4 Å². The lowest BCUT2D eigenvalue weighted by atomic mass is 10.2.